The highest BCUT2D eigenvalue weighted by Gasteiger charge is 2.08. The molecule has 0 unspecified atom stereocenters. The first-order valence-electron chi connectivity index (χ1n) is 4.47. The number of hydrogen-bond acceptors (Lipinski definition) is 4. The van der Waals surface area contributed by atoms with Gasteiger partial charge in [-0.3, -0.25) is 0 Å². The minimum absolute atomic E-state index is 0.585. The average Bonchev–Trinajstić information content (AvgIpc) is 2.35. The van der Waals surface area contributed by atoms with Crippen molar-refractivity contribution in [3.05, 3.63) is 29.8 Å². The fourth-order valence-electron chi connectivity index (χ4n) is 1.19. The highest BCUT2D eigenvalue weighted by molar-refractivity contribution is 8.13. The molecule has 0 amide bonds. The van der Waals surface area contributed by atoms with E-state index in [-0.39, 0.29) is 0 Å². The SMILES string of the molecule is CSC(=NC#N)N(C)c1cccc(C#N)c1. The van der Waals surface area contributed by atoms with Gasteiger partial charge >= 0.3 is 0 Å². The second kappa shape index (κ2) is 5.79. The first kappa shape index (κ1) is 12.1. The normalized spacial score (nSPS) is 10.4. The molecular formula is C11H10N4S. The van der Waals surface area contributed by atoms with Gasteiger partial charge in [-0.2, -0.15) is 10.5 Å². The van der Waals surface area contributed by atoms with Crippen LogP contribution in [0.3, 0.4) is 0 Å². The van der Waals surface area contributed by atoms with Crippen molar-refractivity contribution in [2.45, 2.75) is 0 Å². The standard InChI is InChI=1S/C11H10N4S/c1-15(11(16-2)14-8-13)10-5-3-4-9(6-10)7-12/h3-6H,1-2H3. The summed E-state index contributed by atoms with van der Waals surface area (Å²) in [4.78, 5) is 5.48. The summed E-state index contributed by atoms with van der Waals surface area (Å²) in [5, 5.41) is 17.9. The molecule has 0 bridgehead atoms. The zero-order valence-corrected chi connectivity index (χ0v) is 9.82. The largest absolute Gasteiger partial charge is 0.323 e. The van der Waals surface area contributed by atoms with Gasteiger partial charge < -0.3 is 4.90 Å². The van der Waals surface area contributed by atoms with Crippen LogP contribution in [0.15, 0.2) is 29.3 Å². The molecule has 0 N–H and O–H groups in total. The van der Waals surface area contributed by atoms with E-state index in [1.165, 1.54) is 11.8 Å². The van der Waals surface area contributed by atoms with E-state index in [4.69, 9.17) is 10.5 Å². The Labute approximate surface area is 98.8 Å². The second-order valence-corrected chi connectivity index (χ2v) is 3.69. The van der Waals surface area contributed by atoms with Crippen molar-refractivity contribution in [2.75, 3.05) is 18.2 Å². The number of thioether (sulfide) groups is 1. The molecule has 0 heterocycles. The predicted octanol–water partition coefficient (Wildman–Crippen LogP) is 2.19. The Balaban J connectivity index is 3.05. The van der Waals surface area contributed by atoms with Gasteiger partial charge in [0.1, 0.15) is 0 Å². The smallest absolute Gasteiger partial charge is 0.208 e. The van der Waals surface area contributed by atoms with Crippen molar-refractivity contribution < 1.29 is 0 Å². The van der Waals surface area contributed by atoms with Crippen molar-refractivity contribution in [1.29, 1.82) is 10.5 Å². The van der Waals surface area contributed by atoms with Gasteiger partial charge in [0.2, 0.25) is 6.19 Å². The Kier molecular flexibility index (Phi) is 4.38. The lowest BCUT2D eigenvalue weighted by molar-refractivity contribution is 1.27. The molecule has 1 aromatic carbocycles. The fraction of sp³-hybridized carbons (Fsp3) is 0.182. The van der Waals surface area contributed by atoms with E-state index < -0.39 is 0 Å². The maximum absolute atomic E-state index is 8.79. The molecule has 0 aromatic heterocycles. The predicted molar refractivity (Wildman–Crippen MR) is 66.1 cm³/mol. The highest BCUT2D eigenvalue weighted by Crippen LogP contribution is 2.17. The van der Waals surface area contributed by atoms with E-state index in [0.29, 0.717) is 10.7 Å². The first-order chi connectivity index (χ1) is 7.72. The van der Waals surface area contributed by atoms with E-state index in [1.807, 2.05) is 19.4 Å². The molecule has 1 rings (SSSR count). The van der Waals surface area contributed by atoms with Gasteiger partial charge in [-0.1, -0.05) is 17.8 Å². The Morgan fingerprint density at radius 1 is 1.44 bits per heavy atom. The lowest BCUT2D eigenvalue weighted by Crippen LogP contribution is -2.23. The molecule has 1 aromatic rings. The zero-order valence-electron chi connectivity index (χ0n) is 9.01. The van der Waals surface area contributed by atoms with E-state index >= 15 is 0 Å². The number of rotatable bonds is 1. The quantitative estimate of drug-likeness (QED) is 0.421. The molecule has 16 heavy (non-hydrogen) atoms. The van der Waals surface area contributed by atoms with Gasteiger partial charge in [0, 0.05) is 12.7 Å². The van der Waals surface area contributed by atoms with Crippen LogP contribution in [0.5, 0.6) is 0 Å². The number of nitriles is 2. The summed E-state index contributed by atoms with van der Waals surface area (Å²) in [6, 6.07) is 9.22. The van der Waals surface area contributed by atoms with Gasteiger partial charge in [0.05, 0.1) is 11.6 Å². The van der Waals surface area contributed by atoms with Crippen LogP contribution in [-0.4, -0.2) is 18.5 Å². The molecule has 0 aliphatic carbocycles. The number of nitrogens with zero attached hydrogens (tertiary/aromatic N) is 4. The fourth-order valence-corrected chi connectivity index (χ4v) is 1.71. The highest BCUT2D eigenvalue weighted by atomic mass is 32.2. The third-order valence-electron chi connectivity index (χ3n) is 1.98. The second-order valence-electron chi connectivity index (χ2n) is 2.92. The van der Waals surface area contributed by atoms with E-state index in [9.17, 15) is 0 Å². The minimum atomic E-state index is 0.585. The van der Waals surface area contributed by atoms with Crippen molar-refractivity contribution in [1.82, 2.24) is 0 Å². The Morgan fingerprint density at radius 2 is 2.19 bits per heavy atom. The summed E-state index contributed by atoms with van der Waals surface area (Å²) in [7, 11) is 1.81. The summed E-state index contributed by atoms with van der Waals surface area (Å²) in [5.41, 5.74) is 1.42. The van der Waals surface area contributed by atoms with E-state index in [2.05, 4.69) is 11.1 Å². The molecule has 4 nitrogen and oxygen atoms in total. The van der Waals surface area contributed by atoms with Crippen LogP contribution in [-0.2, 0) is 0 Å². The zero-order chi connectivity index (χ0) is 12.0. The molecule has 0 aliphatic rings. The van der Waals surface area contributed by atoms with Crippen LogP contribution in [0.4, 0.5) is 5.69 Å². The number of hydrogen-bond donors (Lipinski definition) is 0. The first-order valence-corrected chi connectivity index (χ1v) is 5.70. The molecule has 0 spiro atoms. The third kappa shape index (κ3) is 2.75. The number of anilines is 1. The number of benzene rings is 1. The van der Waals surface area contributed by atoms with Gasteiger partial charge in [-0.25, -0.2) is 0 Å². The van der Waals surface area contributed by atoms with Crippen LogP contribution in [0.25, 0.3) is 0 Å². The summed E-state index contributed by atoms with van der Waals surface area (Å²) < 4.78 is 0. The van der Waals surface area contributed by atoms with Crippen LogP contribution >= 0.6 is 11.8 Å². The number of aliphatic imine (C=N–C) groups is 1. The molecule has 0 fully saturated rings. The van der Waals surface area contributed by atoms with Gasteiger partial charge in [-0.05, 0) is 24.5 Å². The van der Waals surface area contributed by atoms with Crippen molar-refractivity contribution in [3.8, 4) is 12.3 Å². The van der Waals surface area contributed by atoms with Crippen LogP contribution in [0.2, 0.25) is 0 Å². The van der Waals surface area contributed by atoms with Gasteiger partial charge in [0.25, 0.3) is 0 Å². The molecule has 5 heteroatoms. The topological polar surface area (TPSA) is 63.2 Å². The van der Waals surface area contributed by atoms with Crippen LogP contribution in [0, 0.1) is 22.8 Å². The molecule has 0 atom stereocenters. The summed E-state index contributed by atoms with van der Waals surface area (Å²) in [6.45, 7) is 0. The molecule has 0 aliphatic heterocycles. The van der Waals surface area contributed by atoms with Crippen molar-refractivity contribution in [2.24, 2.45) is 4.99 Å². The average molecular weight is 230 g/mol. The summed E-state index contributed by atoms with van der Waals surface area (Å²) in [6.07, 6.45) is 3.61. The van der Waals surface area contributed by atoms with Gasteiger partial charge in [-0.15, -0.1) is 4.99 Å². The van der Waals surface area contributed by atoms with Gasteiger partial charge in [0.15, 0.2) is 5.17 Å². The lowest BCUT2D eigenvalue weighted by atomic mass is 10.2. The molecule has 0 saturated heterocycles. The Hall–Kier alpha value is -1.98. The molecule has 0 radical (unpaired) electrons. The maximum atomic E-state index is 8.79. The Morgan fingerprint density at radius 3 is 2.75 bits per heavy atom. The minimum Gasteiger partial charge on any atom is -0.323 e. The third-order valence-corrected chi connectivity index (χ3v) is 2.71. The van der Waals surface area contributed by atoms with Crippen molar-refractivity contribution in [3.63, 3.8) is 0 Å². The van der Waals surface area contributed by atoms with Crippen LogP contribution < -0.4 is 4.90 Å². The van der Waals surface area contributed by atoms with Crippen LogP contribution in [0.1, 0.15) is 5.56 Å². The Bertz CT molecular complexity index is 481. The van der Waals surface area contributed by atoms with E-state index in [1.54, 1.807) is 29.3 Å². The van der Waals surface area contributed by atoms with E-state index in [0.717, 1.165) is 5.69 Å². The lowest BCUT2D eigenvalue weighted by Gasteiger charge is -2.18. The molecular weight excluding hydrogens is 220 g/mol. The maximum Gasteiger partial charge on any atom is 0.208 e. The van der Waals surface area contributed by atoms with Crippen molar-refractivity contribution >= 4 is 22.6 Å². The number of amidine groups is 1. The summed E-state index contributed by atoms with van der Waals surface area (Å²) >= 11 is 1.38. The molecule has 0 saturated carbocycles. The summed E-state index contributed by atoms with van der Waals surface area (Å²) in [5.74, 6) is 0. The molecule has 80 valence electrons. The monoisotopic (exact) mass is 230 g/mol.